The molecule has 0 atom stereocenters. The van der Waals surface area contributed by atoms with Gasteiger partial charge in [0.2, 0.25) is 0 Å². The molecule has 3 N–H and O–H groups in total. The van der Waals surface area contributed by atoms with E-state index in [0.29, 0.717) is 12.2 Å². The fourth-order valence-electron chi connectivity index (χ4n) is 3.75. The molecule has 0 bridgehead atoms. The monoisotopic (exact) mass is 375 g/mol. The van der Waals surface area contributed by atoms with Crippen molar-refractivity contribution in [1.82, 2.24) is 25.7 Å². The van der Waals surface area contributed by atoms with E-state index in [-0.39, 0.29) is 18.3 Å². The maximum absolute atomic E-state index is 12.4. The van der Waals surface area contributed by atoms with Crippen LogP contribution in [-0.2, 0) is 25.9 Å². The summed E-state index contributed by atoms with van der Waals surface area (Å²) in [4.78, 5) is 14.8. The molecule has 0 spiro atoms. The van der Waals surface area contributed by atoms with Crippen LogP contribution in [0.4, 0.5) is 0 Å². The van der Waals surface area contributed by atoms with E-state index in [4.69, 9.17) is 0 Å². The van der Waals surface area contributed by atoms with Crippen LogP contribution in [0.5, 0.6) is 0 Å². The van der Waals surface area contributed by atoms with Gasteiger partial charge >= 0.3 is 0 Å². The van der Waals surface area contributed by atoms with Crippen molar-refractivity contribution in [1.29, 1.82) is 0 Å². The van der Waals surface area contributed by atoms with E-state index < -0.39 is 0 Å². The first-order valence-electron chi connectivity index (χ1n) is 9.15. The molecule has 2 aliphatic heterocycles. The molecule has 7 heteroatoms. The number of rotatable bonds is 5. The van der Waals surface area contributed by atoms with Crippen molar-refractivity contribution < 1.29 is 4.79 Å². The minimum Gasteiger partial charge on any atom is -0.351 e. The van der Waals surface area contributed by atoms with Crippen LogP contribution in [0.2, 0.25) is 0 Å². The molecule has 0 aliphatic carbocycles. The molecule has 1 amide bonds. The summed E-state index contributed by atoms with van der Waals surface area (Å²) < 4.78 is 0. The summed E-state index contributed by atoms with van der Waals surface area (Å²) >= 11 is 0. The molecular weight excluding hydrogens is 350 g/mol. The van der Waals surface area contributed by atoms with Gasteiger partial charge in [-0.1, -0.05) is 24.3 Å². The van der Waals surface area contributed by atoms with Crippen LogP contribution in [-0.4, -0.2) is 47.2 Å². The number of carbonyl (C=O) groups excluding carboxylic acids is 1. The zero-order chi connectivity index (χ0) is 17.1. The Morgan fingerprint density at radius 1 is 1.23 bits per heavy atom. The zero-order valence-electron chi connectivity index (χ0n) is 14.9. The number of fused-ring (bicyclic) bond motifs is 2. The van der Waals surface area contributed by atoms with E-state index in [0.717, 1.165) is 63.2 Å². The van der Waals surface area contributed by atoms with E-state index >= 15 is 0 Å². The van der Waals surface area contributed by atoms with Crippen LogP contribution in [0.25, 0.3) is 0 Å². The Kier molecular flexibility index (Phi) is 6.29. The summed E-state index contributed by atoms with van der Waals surface area (Å²) in [6.45, 7) is 5.48. The average Bonchev–Trinajstić information content (AvgIpc) is 3.09. The van der Waals surface area contributed by atoms with Gasteiger partial charge < -0.3 is 10.6 Å². The number of carbonyl (C=O) groups is 1. The maximum atomic E-state index is 12.4. The van der Waals surface area contributed by atoms with Gasteiger partial charge in [0.25, 0.3) is 5.91 Å². The first-order valence-corrected chi connectivity index (χ1v) is 9.15. The van der Waals surface area contributed by atoms with Crippen molar-refractivity contribution in [3.63, 3.8) is 0 Å². The van der Waals surface area contributed by atoms with Crippen molar-refractivity contribution in [2.45, 2.75) is 32.4 Å². The molecule has 0 saturated heterocycles. The second-order valence-corrected chi connectivity index (χ2v) is 6.86. The number of aromatic nitrogens is 2. The second kappa shape index (κ2) is 8.66. The van der Waals surface area contributed by atoms with Gasteiger partial charge in [0.1, 0.15) is 0 Å². The summed E-state index contributed by atoms with van der Waals surface area (Å²) in [5.74, 6) is -0.0646. The van der Waals surface area contributed by atoms with E-state index in [1.807, 2.05) is 0 Å². The average molecular weight is 376 g/mol. The van der Waals surface area contributed by atoms with Gasteiger partial charge in [0.05, 0.1) is 0 Å². The Bertz CT molecular complexity index is 760. The number of aromatic amines is 1. The number of halogens is 1. The Morgan fingerprint density at radius 3 is 2.96 bits per heavy atom. The van der Waals surface area contributed by atoms with Gasteiger partial charge in [-0.05, 0) is 24.0 Å². The predicted molar refractivity (Wildman–Crippen MR) is 104 cm³/mol. The van der Waals surface area contributed by atoms with Crippen LogP contribution >= 0.6 is 12.4 Å². The van der Waals surface area contributed by atoms with Crippen LogP contribution in [0, 0.1) is 0 Å². The summed E-state index contributed by atoms with van der Waals surface area (Å²) in [5.41, 5.74) is 5.58. The third-order valence-electron chi connectivity index (χ3n) is 5.17. The Morgan fingerprint density at radius 2 is 2.08 bits per heavy atom. The lowest BCUT2D eigenvalue weighted by Crippen LogP contribution is -2.34. The van der Waals surface area contributed by atoms with Crippen LogP contribution < -0.4 is 10.6 Å². The molecule has 0 unspecified atom stereocenters. The Balaban J connectivity index is 0.00000196. The van der Waals surface area contributed by atoms with E-state index in [1.165, 1.54) is 11.1 Å². The van der Waals surface area contributed by atoms with E-state index in [2.05, 4.69) is 50.0 Å². The molecule has 0 saturated carbocycles. The first-order chi connectivity index (χ1) is 12.3. The first kappa shape index (κ1) is 18.9. The topological polar surface area (TPSA) is 73.0 Å². The normalized spacial score (nSPS) is 16.3. The summed E-state index contributed by atoms with van der Waals surface area (Å²) in [7, 11) is 0. The molecular formula is C19H26ClN5O. The number of benzene rings is 1. The van der Waals surface area contributed by atoms with E-state index in [1.54, 1.807) is 0 Å². The third-order valence-corrected chi connectivity index (χ3v) is 5.17. The number of H-pyrrole nitrogens is 1. The Labute approximate surface area is 160 Å². The molecule has 140 valence electrons. The van der Waals surface area contributed by atoms with Crippen LogP contribution in [0.1, 0.15) is 39.3 Å². The molecule has 1 aromatic carbocycles. The Hall–Kier alpha value is -1.89. The summed E-state index contributed by atoms with van der Waals surface area (Å²) in [6, 6.07) is 8.68. The number of hydrogen-bond acceptors (Lipinski definition) is 4. The maximum Gasteiger partial charge on any atom is 0.272 e. The SMILES string of the molecule is Cl.O=C(NCCCN1CCc2ccccc2C1)c1n[nH]c2c1CNCC2. The standard InChI is InChI=1S/C19H25N5O.ClH/c25-19(18-16-12-20-9-6-17(16)22-23-18)21-8-3-10-24-11-7-14-4-1-2-5-15(14)13-24;/h1-2,4-5,20H,3,6-13H2,(H,21,25)(H,22,23);1H. The van der Waals surface area contributed by atoms with Crippen molar-refractivity contribution in [3.05, 3.63) is 52.3 Å². The summed E-state index contributed by atoms with van der Waals surface area (Å²) in [5, 5.41) is 13.5. The highest BCUT2D eigenvalue weighted by Crippen LogP contribution is 2.18. The smallest absolute Gasteiger partial charge is 0.272 e. The third kappa shape index (κ3) is 4.09. The van der Waals surface area contributed by atoms with Crippen LogP contribution in [0.3, 0.4) is 0 Å². The number of hydrogen-bond donors (Lipinski definition) is 3. The van der Waals surface area contributed by atoms with Gasteiger partial charge in [-0.15, -0.1) is 12.4 Å². The molecule has 6 nitrogen and oxygen atoms in total. The lowest BCUT2D eigenvalue weighted by atomic mass is 10.00. The molecule has 26 heavy (non-hydrogen) atoms. The minimum atomic E-state index is -0.0646. The van der Waals surface area contributed by atoms with Gasteiger partial charge in [0.15, 0.2) is 5.69 Å². The fourth-order valence-corrected chi connectivity index (χ4v) is 3.75. The quantitative estimate of drug-likeness (QED) is 0.695. The van der Waals surface area contributed by atoms with Crippen molar-refractivity contribution in [3.8, 4) is 0 Å². The number of amides is 1. The second-order valence-electron chi connectivity index (χ2n) is 6.86. The molecule has 0 fully saturated rings. The van der Waals surface area contributed by atoms with Crippen LogP contribution in [0.15, 0.2) is 24.3 Å². The van der Waals surface area contributed by atoms with Gasteiger partial charge in [-0.25, -0.2) is 0 Å². The molecule has 0 radical (unpaired) electrons. The molecule has 1 aromatic heterocycles. The highest BCUT2D eigenvalue weighted by Gasteiger charge is 2.21. The summed E-state index contributed by atoms with van der Waals surface area (Å²) in [6.07, 6.45) is 2.99. The molecule has 2 aromatic rings. The lowest BCUT2D eigenvalue weighted by Gasteiger charge is -2.28. The minimum absolute atomic E-state index is 0. The van der Waals surface area contributed by atoms with Gasteiger partial charge in [-0.3, -0.25) is 14.8 Å². The van der Waals surface area contributed by atoms with Crippen molar-refractivity contribution in [2.75, 3.05) is 26.2 Å². The zero-order valence-corrected chi connectivity index (χ0v) is 15.7. The highest BCUT2D eigenvalue weighted by atomic mass is 35.5. The van der Waals surface area contributed by atoms with Gasteiger partial charge in [0, 0.05) is 56.9 Å². The van der Waals surface area contributed by atoms with Crippen molar-refractivity contribution in [2.24, 2.45) is 0 Å². The van der Waals surface area contributed by atoms with Gasteiger partial charge in [-0.2, -0.15) is 5.10 Å². The molecule has 2 aliphatic rings. The number of nitrogens with zero attached hydrogens (tertiary/aromatic N) is 2. The van der Waals surface area contributed by atoms with E-state index in [9.17, 15) is 4.79 Å². The lowest BCUT2D eigenvalue weighted by molar-refractivity contribution is 0.0945. The van der Waals surface area contributed by atoms with Crippen molar-refractivity contribution >= 4 is 18.3 Å². The largest absolute Gasteiger partial charge is 0.351 e. The number of nitrogens with one attached hydrogen (secondary N) is 3. The molecule has 4 rings (SSSR count). The fraction of sp³-hybridized carbons (Fsp3) is 0.474. The predicted octanol–water partition coefficient (Wildman–Crippen LogP) is 1.66. The highest BCUT2D eigenvalue weighted by molar-refractivity contribution is 5.94. The molecule has 3 heterocycles.